The minimum absolute atomic E-state index is 0.0657. The molecule has 0 aromatic rings. The zero-order chi connectivity index (χ0) is 69.0. The third-order valence-electron chi connectivity index (χ3n) is 15.0. The summed E-state index contributed by atoms with van der Waals surface area (Å²) in [5, 5.41) is 10.6. The maximum atomic E-state index is 13.0. The molecule has 0 saturated carbocycles. The molecule has 0 rings (SSSR count). The zero-order valence-corrected chi connectivity index (χ0v) is 60.7. The lowest BCUT2D eigenvalue weighted by atomic mass is 10.0. The maximum Gasteiger partial charge on any atom is 0.472 e. The lowest BCUT2D eigenvalue weighted by Crippen LogP contribution is -2.30. The Hall–Kier alpha value is -4.02. The fourth-order valence-electron chi connectivity index (χ4n) is 9.50. The highest BCUT2D eigenvalue weighted by molar-refractivity contribution is 7.47. The molecule has 3 N–H and O–H groups in total. The van der Waals surface area contributed by atoms with Crippen molar-refractivity contribution in [3.63, 3.8) is 0 Å². The van der Waals surface area contributed by atoms with E-state index in [4.69, 9.17) is 37.0 Å². The van der Waals surface area contributed by atoms with Crippen LogP contribution in [0.25, 0.3) is 0 Å². The summed E-state index contributed by atoms with van der Waals surface area (Å²) in [7, 11) is -9.95. The predicted molar refractivity (Wildman–Crippen MR) is 381 cm³/mol. The van der Waals surface area contributed by atoms with Crippen LogP contribution < -0.4 is 0 Å². The molecule has 0 aliphatic heterocycles. The second-order valence-corrected chi connectivity index (χ2v) is 27.0. The first-order chi connectivity index (χ1) is 45.7. The number of phosphoric acid groups is 2. The first kappa shape index (κ1) is 90.0. The van der Waals surface area contributed by atoms with Gasteiger partial charge in [-0.15, -0.1) is 0 Å². The molecular formula is C75H130O17P2. The molecule has 0 radical (unpaired) electrons. The lowest BCUT2D eigenvalue weighted by molar-refractivity contribution is -0.161. The van der Waals surface area contributed by atoms with Gasteiger partial charge in [0.25, 0.3) is 0 Å². The zero-order valence-electron chi connectivity index (χ0n) is 58.9. The second kappa shape index (κ2) is 67.5. The number of carbonyl (C=O) groups excluding carboxylic acids is 4. The van der Waals surface area contributed by atoms with Crippen LogP contribution in [0.1, 0.15) is 297 Å². The van der Waals surface area contributed by atoms with Crippen molar-refractivity contribution in [3.05, 3.63) is 97.2 Å². The number of hydrogen-bond acceptors (Lipinski definition) is 15. The summed E-state index contributed by atoms with van der Waals surface area (Å²) >= 11 is 0. The van der Waals surface area contributed by atoms with Crippen LogP contribution in [0.5, 0.6) is 0 Å². The van der Waals surface area contributed by atoms with Gasteiger partial charge in [-0.2, -0.15) is 0 Å². The van der Waals surface area contributed by atoms with E-state index in [0.29, 0.717) is 25.7 Å². The first-order valence-corrected chi connectivity index (χ1v) is 39.5. The van der Waals surface area contributed by atoms with Gasteiger partial charge < -0.3 is 33.8 Å². The lowest BCUT2D eigenvalue weighted by Gasteiger charge is -2.21. The second-order valence-electron chi connectivity index (χ2n) is 24.1. The van der Waals surface area contributed by atoms with Gasteiger partial charge in [0.2, 0.25) is 0 Å². The summed E-state index contributed by atoms with van der Waals surface area (Å²) in [4.78, 5) is 72.6. The monoisotopic (exact) mass is 1360 g/mol. The van der Waals surface area contributed by atoms with E-state index in [1.165, 1.54) is 70.6 Å². The van der Waals surface area contributed by atoms with E-state index in [1.807, 2.05) is 0 Å². The average molecular weight is 1370 g/mol. The Balaban J connectivity index is 5.37. The highest BCUT2D eigenvalue weighted by Crippen LogP contribution is 2.45. The number of hydrogen-bond donors (Lipinski definition) is 3. The SMILES string of the molecule is CC/C=C\C/C=C\C/C=C\C/C=C\CCCCC(=O)OCC(COP(=O)(O)OCC(O)COP(=O)(O)OCC(COC(=O)CCCCCCCCCCCCCCC)OC(=O)CCCCCCC/C=C\CCCC)OC(=O)CCCCCCC/C=C\C/C=C\C/C=C\CC. The third kappa shape index (κ3) is 66.6. The quantitative estimate of drug-likeness (QED) is 0.0169. The minimum Gasteiger partial charge on any atom is -0.462 e. The standard InChI is InChI=1S/C75H130O17P2/c1-5-9-13-17-21-25-29-32-34-37-41-44-48-52-56-60-73(78)86-66-71(92-75(80)62-58-54-50-46-42-38-35-33-30-26-22-18-14-10-6-2)68-90-94(83,84)88-64-69(76)63-87-93(81,82)89-67-70(91-74(79)61-57-53-49-45-39-28-24-20-16-12-8-4)65-85-72(77)59-55-51-47-43-40-36-31-27-23-19-15-11-7-3/h9-10,13-14,20-22,24-26,32-35,41,44,69-71,76H,5-8,11-12,15-19,23,27-31,36-40,42-43,45-68H2,1-4H3,(H,81,82)(H,83,84)/b13-9-,14-10-,24-20-,25-21-,26-22-,34-32-,35-33-,44-41-. The Labute approximate surface area is 569 Å². The van der Waals surface area contributed by atoms with Crippen molar-refractivity contribution < 1.29 is 80.2 Å². The molecule has 542 valence electrons. The number of aliphatic hydroxyl groups is 1. The number of allylic oxidation sites excluding steroid dienone is 16. The van der Waals surface area contributed by atoms with Crippen LogP contribution in [0.3, 0.4) is 0 Å². The number of esters is 4. The van der Waals surface area contributed by atoms with Crippen LogP contribution in [0.4, 0.5) is 0 Å². The molecule has 5 unspecified atom stereocenters. The van der Waals surface area contributed by atoms with Crippen LogP contribution in [0.2, 0.25) is 0 Å². The van der Waals surface area contributed by atoms with E-state index < -0.39 is 97.5 Å². The van der Waals surface area contributed by atoms with E-state index in [-0.39, 0.29) is 25.7 Å². The predicted octanol–water partition coefficient (Wildman–Crippen LogP) is 20.4. The number of aliphatic hydroxyl groups excluding tert-OH is 1. The molecule has 0 spiro atoms. The van der Waals surface area contributed by atoms with Gasteiger partial charge in [-0.05, 0) is 116 Å². The van der Waals surface area contributed by atoms with Crippen molar-refractivity contribution in [2.75, 3.05) is 39.6 Å². The van der Waals surface area contributed by atoms with Gasteiger partial charge in [0, 0.05) is 25.7 Å². The Kier molecular flexibility index (Phi) is 64.7. The van der Waals surface area contributed by atoms with Crippen LogP contribution >= 0.6 is 15.6 Å². The molecule has 0 aliphatic carbocycles. The number of phosphoric ester groups is 2. The van der Waals surface area contributed by atoms with Crippen molar-refractivity contribution in [1.82, 2.24) is 0 Å². The van der Waals surface area contributed by atoms with E-state index in [1.54, 1.807) is 0 Å². The summed E-state index contributed by atoms with van der Waals surface area (Å²) in [6, 6.07) is 0. The molecule has 0 bridgehead atoms. The van der Waals surface area contributed by atoms with Crippen LogP contribution in [0, 0.1) is 0 Å². The molecule has 0 heterocycles. The van der Waals surface area contributed by atoms with Gasteiger partial charge in [0.15, 0.2) is 12.2 Å². The summed E-state index contributed by atoms with van der Waals surface area (Å²) in [6.07, 6.45) is 68.5. The van der Waals surface area contributed by atoms with Crippen molar-refractivity contribution in [2.45, 2.75) is 316 Å². The Morgan fingerprint density at radius 1 is 0.309 bits per heavy atom. The van der Waals surface area contributed by atoms with Crippen molar-refractivity contribution >= 4 is 39.5 Å². The van der Waals surface area contributed by atoms with Crippen LogP contribution in [-0.4, -0.2) is 96.7 Å². The van der Waals surface area contributed by atoms with Gasteiger partial charge in [0.05, 0.1) is 26.4 Å². The molecule has 17 nitrogen and oxygen atoms in total. The highest BCUT2D eigenvalue weighted by Gasteiger charge is 2.30. The normalized spacial score (nSPS) is 14.6. The molecule has 94 heavy (non-hydrogen) atoms. The van der Waals surface area contributed by atoms with E-state index in [2.05, 4.69) is 125 Å². The van der Waals surface area contributed by atoms with Crippen molar-refractivity contribution in [3.8, 4) is 0 Å². The van der Waals surface area contributed by atoms with Gasteiger partial charge in [0.1, 0.15) is 19.3 Å². The minimum atomic E-state index is -4.98. The number of rotatable bonds is 68. The fraction of sp³-hybridized carbons (Fsp3) is 0.733. The van der Waals surface area contributed by atoms with Crippen LogP contribution in [-0.2, 0) is 65.4 Å². The molecule has 0 fully saturated rings. The Bertz CT molecular complexity index is 2170. The summed E-state index contributed by atoms with van der Waals surface area (Å²) in [6.45, 7) is 4.53. The molecule has 0 aliphatic rings. The summed E-state index contributed by atoms with van der Waals surface area (Å²) in [5.41, 5.74) is 0. The number of carbonyl (C=O) groups is 4. The number of ether oxygens (including phenoxy) is 4. The summed E-state index contributed by atoms with van der Waals surface area (Å²) < 4.78 is 68.3. The maximum absolute atomic E-state index is 13.0. The molecule has 0 aromatic carbocycles. The van der Waals surface area contributed by atoms with E-state index in [0.717, 1.165) is 148 Å². The highest BCUT2D eigenvalue weighted by atomic mass is 31.2. The smallest absolute Gasteiger partial charge is 0.462 e. The summed E-state index contributed by atoms with van der Waals surface area (Å²) in [5.74, 6) is -2.24. The van der Waals surface area contributed by atoms with Gasteiger partial charge in [-0.25, -0.2) is 9.13 Å². The molecule has 19 heteroatoms. The van der Waals surface area contributed by atoms with Crippen LogP contribution in [0.15, 0.2) is 97.2 Å². The third-order valence-corrected chi connectivity index (χ3v) is 16.9. The first-order valence-electron chi connectivity index (χ1n) is 36.5. The van der Waals surface area contributed by atoms with E-state index in [9.17, 15) is 43.2 Å². The van der Waals surface area contributed by atoms with Crippen molar-refractivity contribution in [2.24, 2.45) is 0 Å². The average Bonchev–Trinajstić information content (AvgIpc) is 1.36. The fourth-order valence-corrected chi connectivity index (χ4v) is 11.1. The molecule has 0 aromatic heterocycles. The largest absolute Gasteiger partial charge is 0.472 e. The Morgan fingerprint density at radius 3 is 0.915 bits per heavy atom. The molecular weight excluding hydrogens is 1230 g/mol. The molecule has 0 saturated heterocycles. The molecule has 0 amide bonds. The molecule has 5 atom stereocenters. The van der Waals surface area contributed by atoms with Gasteiger partial charge in [-0.1, -0.05) is 253 Å². The topological polar surface area (TPSA) is 237 Å². The van der Waals surface area contributed by atoms with Gasteiger partial charge in [-0.3, -0.25) is 37.3 Å². The Morgan fingerprint density at radius 2 is 0.564 bits per heavy atom. The van der Waals surface area contributed by atoms with Crippen molar-refractivity contribution in [1.29, 1.82) is 0 Å². The number of unbranched alkanes of at least 4 members (excludes halogenated alkanes) is 26. The van der Waals surface area contributed by atoms with E-state index >= 15 is 0 Å². The van der Waals surface area contributed by atoms with Gasteiger partial charge >= 0.3 is 39.5 Å².